The highest BCUT2D eigenvalue weighted by atomic mass is 16.3. The molecule has 61 heavy (non-hydrogen) atoms. The quantitative estimate of drug-likeness (QED) is 0.179. The summed E-state index contributed by atoms with van der Waals surface area (Å²) in [7, 11) is 0. The summed E-state index contributed by atoms with van der Waals surface area (Å²) in [6, 6.07) is 69.4. The Balaban J connectivity index is 0.990. The SMILES string of the molecule is c1ccc(-c2ccc(-c3nc(-c4ccc(-n5c6ccccc6c6c7c8ccccc8n8c9ccc%10ccccc%10c9c(cc65)c78)cc4)nc4c3oc3ccccc34)cc2)cc1. The first-order chi connectivity index (χ1) is 30.3. The molecule has 0 amide bonds. The van der Waals surface area contributed by atoms with Gasteiger partial charge in [0, 0.05) is 54.5 Å². The van der Waals surface area contributed by atoms with Crippen molar-refractivity contribution in [2.75, 3.05) is 0 Å². The molecule has 0 saturated heterocycles. The molecule has 0 atom stereocenters. The molecule has 0 spiro atoms. The Hall–Kier alpha value is -8.28. The molecule has 0 fully saturated rings. The zero-order valence-corrected chi connectivity index (χ0v) is 32.7. The Kier molecular flexibility index (Phi) is 6.49. The Morgan fingerprint density at radius 3 is 1.85 bits per heavy atom. The van der Waals surface area contributed by atoms with E-state index in [1.54, 1.807) is 0 Å². The molecular weight excluding hydrogens is 745 g/mol. The van der Waals surface area contributed by atoms with Gasteiger partial charge in [-0.15, -0.1) is 0 Å². The first kappa shape index (κ1) is 32.7. The molecule has 0 unspecified atom stereocenters. The highest BCUT2D eigenvalue weighted by Crippen LogP contribution is 2.48. The van der Waals surface area contributed by atoms with Gasteiger partial charge in [-0.1, -0.05) is 133 Å². The third-order valence-electron chi connectivity index (χ3n) is 12.9. The van der Waals surface area contributed by atoms with E-state index in [1.165, 1.54) is 76.2 Å². The average Bonchev–Trinajstić information content (AvgIpc) is 4.07. The number of aromatic nitrogens is 4. The molecule has 14 rings (SSSR count). The Morgan fingerprint density at radius 1 is 0.393 bits per heavy atom. The normalized spacial score (nSPS) is 12.3. The van der Waals surface area contributed by atoms with Crippen molar-refractivity contribution >= 4 is 92.7 Å². The van der Waals surface area contributed by atoms with Crippen LogP contribution in [-0.2, 0) is 0 Å². The molecule has 14 aromatic rings. The van der Waals surface area contributed by atoms with E-state index < -0.39 is 0 Å². The van der Waals surface area contributed by atoms with E-state index in [1.807, 2.05) is 24.3 Å². The maximum Gasteiger partial charge on any atom is 0.180 e. The summed E-state index contributed by atoms with van der Waals surface area (Å²) < 4.78 is 11.4. The van der Waals surface area contributed by atoms with Gasteiger partial charge < -0.3 is 13.4 Å². The molecule has 0 bridgehead atoms. The first-order valence-electron chi connectivity index (χ1n) is 20.7. The molecule has 5 aromatic heterocycles. The Morgan fingerprint density at radius 2 is 1.03 bits per heavy atom. The van der Waals surface area contributed by atoms with Crippen molar-refractivity contribution in [1.29, 1.82) is 0 Å². The van der Waals surface area contributed by atoms with Crippen molar-refractivity contribution in [3.63, 3.8) is 0 Å². The zero-order chi connectivity index (χ0) is 39.8. The van der Waals surface area contributed by atoms with Crippen LogP contribution >= 0.6 is 0 Å². The van der Waals surface area contributed by atoms with Crippen LogP contribution < -0.4 is 0 Å². The summed E-state index contributed by atoms with van der Waals surface area (Å²) in [5.41, 5.74) is 14.5. The lowest BCUT2D eigenvalue weighted by atomic mass is 9.99. The summed E-state index contributed by atoms with van der Waals surface area (Å²) >= 11 is 0. The maximum atomic E-state index is 6.48. The molecule has 5 nitrogen and oxygen atoms in total. The van der Waals surface area contributed by atoms with Gasteiger partial charge >= 0.3 is 0 Å². The van der Waals surface area contributed by atoms with E-state index in [0.717, 1.165) is 44.6 Å². The lowest BCUT2D eigenvalue weighted by Crippen LogP contribution is -1.96. The molecule has 0 radical (unpaired) electrons. The van der Waals surface area contributed by atoms with E-state index in [2.05, 4.69) is 179 Å². The third-order valence-corrected chi connectivity index (χ3v) is 12.9. The molecule has 0 aliphatic rings. The number of hydrogen-bond acceptors (Lipinski definition) is 3. The topological polar surface area (TPSA) is 48.3 Å². The minimum Gasteiger partial charge on any atom is -0.452 e. The highest BCUT2D eigenvalue weighted by Gasteiger charge is 2.25. The molecule has 0 aliphatic carbocycles. The van der Waals surface area contributed by atoms with Crippen LogP contribution in [0.25, 0.3) is 132 Å². The molecule has 0 saturated carbocycles. The van der Waals surface area contributed by atoms with E-state index in [0.29, 0.717) is 11.4 Å². The van der Waals surface area contributed by atoms with Gasteiger partial charge in [-0.2, -0.15) is 0 Å². The van der Waals surface area contributed by atoms with Crippen LogP contribution in [0.1, 0.15) is 0 Å². The molecule has 0 N–H and O–H groups in total. The fraction of sp³-hybridized carbons (Fsp3) is 0. The minimum atomic E-state index is 0.654. The van der Waals surface area contributed by atoms with Crippen LogP contribution in [-0.4, -0.2) is 18.9 Å². The number of benzene rings is 9. The largest absolute Gasteiger partial charge is 0.452 e. The number of rotatable bonds is 4. The van der Waals surface area contributed by atoms with Gasteiger partial charge in [0.15, 0.2) is 11.4 Å². The molecule has 0 aliphatic heterocycles. The standard InChI is InChI=1S/C56H32N4O/c1-2-12-33(13-3-1)34-22-24-36(25-23-34)52-55-53(42-18-8-11-21-48(42)61-55)58-56(57-52)37-26-29-38(30-27-37)59-44-19-9-6-16-40(44)50-47(59)32-43-49-39-15-5-4-14-35(39)28-31-46(49)60-45-20-10-7-17-41(45)51(50)54(43)60/h1-32H. The molecule has 9 aromatic carbocycles. The number of nitrogens with zero attached hydrogens (tertiary/aromatic N) is 4. The van der Waals surface area contributed by atoms with Crippen molar-refractivity contribution in [3.8, 4) is 39.5 Å². The second-order valence-electron chi connectivity index (χ2n) is 16.1. The van der Waals surface area contributed by atoms with Crippen molar-refractivity contribution in [1.82, 2.24) is 18.9 Å². The average molecular weight is 777 g/mol. The van der Waals surface area contributed by atoms with Crippen molar-refractivity contribution < 1.29 is 4.42 Å². The van der Waals surface area contributed by atoms with Crippen LogP contribution in [0, 0.1) is 0 Å². The maximum absolute atomic E-state index is 6.48. The summed E-state index contributed by atoms with van der Waals surface area (Å²) in [4.78, 5) is 10.4. The fourth-order valence-corrected chi connectivity index (χ4v) is 10.2. The van der Waals surface area contributed by atoms with Crippen LogP contribution in [0.3, 0.4) is 0 Å². The monoisotopic (exact) mass is 776 g/mol. The summed E-state index contributed by atoms with van der Waals surface area (Å²) in [6.45, 7) is 0. The summed E-state index contributed by atoms with van der Waals surface area (Å²) in [5.74, 6) is 0.654. The Labute approximate surface area is 348 Å². The van der Waals surface area contributed by atoms with E-state index in [4.69, 9.17) is 14.4 Å². The smallest absolute Gasteiger partial charge is 0.180 e. The van der Waals surface area contributed by atoms with Gasteiger partial charge in [-0.3, -0.25) is 0 Å². The highest BCUT2D eigenvalue weighted by molar-refractivity contribution is 6.37. The second-order valence-corrected chi connectivity index (χ2v) is 16.1. The van der Waals surface area contributed by atoms with Crippen LogP contribution in [0.15, 0.2) is 199 Å². The van der Waals surface area contributed by atoms with Gasteiger partial charge in [-0.25, -0.2) is 9.97 Å². The molecule has 282 valence electrons. The lowest BCUT2D eigenvalue weighted by Gasteiger charge is -2.11. The van der Waals surface area contributed by atoms with Gasteiger partial charge in [0.1, 0.15) is 16.8 Å². The van der Waals surface area contributed by atoms with Gasteiger partial charge in [-0.05, 0) is 82.6 Å². The lowest BCUT2D eigenvalue weighted by molar-refractivity contribution is 0.667. The predicted molar refractivity (Wildman–Crippen MR) is 252 cm³/mol. The molecule has 5 heterocycles. The number of para-hydroxylation sites is 3. The van der Waals surface area contributed by atoms with E-state index in [9.17, 15) is 0 Å². The van der Waals surface area contributed by atoms with Gasteiger partial charge in [0.25, 0.3) is 0 Å². The minimum absolute atomic E-state index is 0.654. The van der Waals surface area contributed by atoms with Gasteiger partial charge in [0.2, 0.25) is 0 Å². The summed E-state index contributed by atoms with van der Waals surface area (Å²) in [6.07, 6.45) is 0. The molecular formula is C56H32N4O. The van der Waals surface area contributed by atoms with Crippen LogP contribution in [0.5, 0.6) is 0 Å². The van der Waals surface area contributed by atoms with Crippen molar-refractivity contribution in [3.05, 3.63) is 194 Å². The van der Waals surface area contributed by atoms with Crippen LogP contribution in [0.2, 0.25) is 0 Å². The first-order valence-corrected chi connectivity index (χ1v) is 20.7. The number of furan rings is 1. The van der Waals surface area contributed by atoms with Crippen molar-refractivity contribution in [2.45, 2.75) is 0 Å². The van der Waals surface area contributed by atoms with Crippen molar-refractivity contribution in [2.24, 2.45) is 0 Å². The zero-order valence-electron chi connectivity index (χ0n) is 32.7. The van der Waals surface area contributed by atoms with E-state index in [-0.39, 0.29) is 0 Å². The fourth-order valence-electron chi connectivity index (χ4n) is 10.2. The molecule has 5 heteroatoms. The van der Waals surface area contributed by atoms with Gasteiger partial charge in [0.05, 0.1) is 27.6 Å². The number of hydrogen-bond donors (Lipinski definition) is 0. The number of fused-ring (bicyclic) bond motifs is 15. The van der Waals surface area contributed by atoms with Crippen LogP contribution in [0.4, 0.5) is 0 Å². The summed E-state index contributed by atoms with van der Waals surface area (Å²) in [5, 5.41) is 11.1. The Bertz CT molecular complexity index is 4080. The van der Waals surface area contributed by atoms with E-state index >= 15 is 0 Å². The third kappa shape index (κ3) is 4.49. The predicted octanol–water partition coefficient (Wildman–Crippen LogP) is 14.8. The second kappa shape index (κ2) is 12.1.